The minimum absolute atomic E-state index is 0. The van der Waals surface area contributed by atoms with Crippen molar-refractivity contribution in [2.75, 3.05) is 24.3 Å². The summed E-state index contributed by atoms with van der Waals surface area (Å²) < 4.78 is 5.32. The van der Waals surface area contributed by atoms with E-state index in [0.29, 0.717) is 35.7 Å². The molecule has 4 N–H and O–H groups in total. The molecule has 2 rings (SSSR count). The first-order chi connectivity index (χ1) is 12.6. The molecule has 146 valence electrons. The van der Waals surface area contributed by atoms with Gasteiger partial charge in [-0.2, -0.15) is 0 Å². The van der Waals surface area contributed by atoms with E-state index in [2.05, 4.69) is 10.6 Å². The lowest BCUT2D eigenvalue weighted by atomic mass is 10.1. The van der Waals surface area contributed by atoms with E-state index in [-0.39, 0.29) is 24.2 Å². The van der Waals surface area contributed by atoms with Gasteiger partial charge in [-0.1, -0.05) is 19.1 Å². The number of amides is 2. The Bertz CT molecular complexity index is 764. The van der Waals surface area contributed by atoms with Crippen molar-refractivity contribution < 1.29 is 14.3 Å². The van der Waals surface area contributed by atoms with Gasteiger partial charge in [0.05, 0.1) is 12.8 Å². The molecule has 0 bridgehead atoms. The van der Waals surface area contributed by atoms with Gasteiger partial charge in [-0.15, -0.1) is 12.4 Å². The van der Waals surface area contributed by atoms with Crippen LogP contribution >= 0.6 is 12.4 Å². The Hall–Kier alpha value is -2.57. The number of hydrogen-bond donors (Lipinski definition) is 3. The van der Waals surface area contributed by atoms with Crippen LogP contribution in [0, 0.1) is 0 Å². The quantitative estimate of drug-likeness (QED) is 0.640. The fourth-order valence-corrected chi connectivity index (χ4v) is 2.50. The molecular formula is C20H26ClN3O3. The summed E-state index contributed by atoms with van der Waals surface area (Å²) in [7, 11) is 1.52. The third-order valence-corrected chi connectivity index (χ3v) is 3.86. The fraction of sp³-hybridized carbons (Fsp3) is 0.300. The van der Waals surface area contributed by atoms with Gasteiger partial charge in [0.25, 0.3) is 5.91 Å². The Morgan fingerprint density at radius 1 is 1.07 bits per heavy atom. The third kappa shape index (κ3) is 6.58. The summed E-state index contributed by atoms with van der Waals surface area (Å²) >= 11 is 0. The zero-order valence-electron chi connectivity index (χ0n) is 15.6. The SMILES string of the molecule is CCCC(=O)Nc1ccc(NC(=O)c2ccc(CCN)cc2)cc1OC.Cl. The number of anilines is 2. The van der Waals surface area contributed by atoms with Gasteiger partial charge in [-0.05, 0) is 49.2 Å². The minimum atomic E-state index is -0.214. The first-order valence-corrected chi connectivity index (χ1v) is 8.65. The molecule has 2 aromatic carbocycles. The molecule has 7 heteroatoms. The van der Waals surface area contributed by atoms with E-state index < -0.39 is 0 Å². The molecule has 2 amide bonds. The molecule has 0 aliphatic carbocycles. The van der Waals surface area contributed by atoms with Crippen LogP contribution in [0.2, 0.25) is 0 Å². The van der Waals surface area contributed by atoms with Gasteiger partial charge in [0.2, 0.25) is 5.91 Å². The summed E-state index contributed by atoms with van der Waals surface area (Å²) in [6, 6.07) is 12.5. The number of carbonyl (C=O) groups is 2. The standard InChI is InChI=1S/C20H25N3O3.ClH/c1-3-4-19(24)23-17-10-9-16(13-18(17)26-2)22-20(25)15-7-5-14(6-8-15)11-12-21;/h5-10,13H,3-4,11-12,21H2,1-2H3,(H,22,25)(H,23,24);1H. The number of rotatable bonds is 8. The molecule has 6 nitrogen and oxygen atoms in total. The molecule has 0 saturated heterocycles. The van der Waals surface area contributed by atoms with Gasteiger partial charge in [0, 0.05) is 23.7 Å². The van der Waals surface area contributed by atoms with Crippen molar-refractivity contribution in [3.8, 4) is 5.75 Å². The van der Waals surface area contributed by atoms with E-state index in [1.54, 1.807) is 30.3 Å². The van der Waals surface area contributed by atoms with Gasteiger partial charge in [0.15, 0.2) is 0 Å². The largest absolute Gasteiger partial charge is 0.494 e. The summed E-state index contributed by atoms with van der Waals surface area (Å²) in [5.41, 5.74) is 8.35. The lowest BCUT2D eigenvalue weighted by Gasteiger charge is -2.12. The van der Waals surface area contributed by atoms with E-state index >= 15 is 0 Å². The molecule has 0 atom stereocenters. The third-order valence-electron chi connectivity index (χ3n) is 3.86. The van der Waals surface area contributed by atoms with Gasteiger partial charge >= 0.3 is 0 Å². The number of methoxy groups -OCH3 is 1. The van der Waals surface area contributed by atoms with Gasteiger partial charge in [0.1, 0.15) is 5.75 Å². The first kappa shape index (κ1) is 22.5. The molecule has 0 aromatic heterocycles. The molecule has 0 heterocycles. The summed E-state index contributed by atoms with van der Waals surface area (Å²) in [4.78, 5) is 24.1. The Morgan fingerprint density at radius 2 is 1.78 bits per heavy atom. The second-order valence-corrected chi connectivity index (χ2v) is 5.90. The van der Waals surface area contributed by atoms with Gasteiger partial charge < -0.3 is 21.1 Å². The number of nitrogens with two attached hydrogens (primary N) is 1. The molecular weight excluding hydrogens is 366 g/mol. The second kappa shape index (κ2) is 11.2. The first-order valence-electron chi connectivity index (χ1n) is 8.65. The Labute approximate surface area is 165 Å². The molecule has 0 fully saturated rings. The average Bonchev–Trinajstić information content (AvgIpc) is 2.64. The highest BCUT2D eigenvalue weighted by Gasteiger charge is 2.11. The number of halogens is 1. The maximum atomic E-state index is 12.4. The predicted octanol–water partition coefficient (Wildman–Crippen LogP) is 3.61. The van der Waals surface area contributed by atoms with Crippen LogP contribution < -0.4 is 21.1 Å². The predicted molar refractivity (Wildman–Crippen MR) is 111 cm³/mol. The van der Waals surface area contributed by atoms with Crippen LogP contribution in [0.5, 0.6) is 5.75 Å². The summed E-state index contributed by atoms with van der Waals surface area (Å²) in [6.07, 6.45) is 2.00. The van der Waals surface area contributed by atoms with Crippen molar-refractivity contribution in [3.63, 3.8) is 0 Å². The van der Waals surface area contributed by atoms with E-state index in [4.69, 9.17) is 10.5 Å². The maximum Gasteiger partial charge on any atom is 0.255 e. The molecule has 0 spiro atoms. The van der Waals surface area contributed by atoms with Crippen molar-refractivity contribution in [3.05, 3.63) is 53.6 Å². The van der Waals surface area contributed by atoms with Crippen LogP contribution in [0.25, 0.3) is 0 Å². The Balaban J connectivity index is 0.00000364. The van der Waals surface area contributed by atoms with E-state index in [9.17, 15) is 9.59 Å². The molecule has 0 unspecified atom stereocenters. The molecule has 2 aromatic rings. The smallest absolute Gasteiger partial charge is 0.255 e. The molecule has 0 aliphatic rings. The van der Waals surface area contributed by atoms with E-state index in [1.165, 1.54) is 7.11 Å². The molecule has 0 aliphatic heterocycles. The van der Waals surface area contributed by atoms with E-state index in [0.717, 1.165) is 18.4 Å². The van der Waals surface area contributed by atoms with E-state index in [1.807, 2.05) is 19.1 Å². The second-order valence-electron chi connectivity index (χ2n) is 5.90. The zero-order chi connectivity index (χ0) is 18.9. The van der Waals surface area contributed by atoms with Crippen molar-refractivity contribution in [1.29, 1.82) is 0 Å². The van der Waals surface area contributed by atoms with Gasteiger partial charge in [-0.3, -0.25) is 9.59 Å². The normalized spacial score (nSPS) is 9.89. The number of nitrogens with one attached hydrogen (secondary N) is 2. The summed E-state index contributed by atoms with van der Waals surface area (Å²) in [5.74, 6) is 0.208. The summed E-state index contributed by atoms with van der Waals surface area (Å²) in [5, 5.41) is 5.64. The maximum absolute atomic E-state index is 12.4. The lowest BCUT2D eigenvalue weighted by Crippen LogP contribution is -2.14. The van der Waals surface area contributed by atoms with Crippen LogP contribution in [0.4, 0.5) is 11.4 Å². The highest BCUT2D eigenvalue weighted by atomic mass is 35.5. The zero-order valence-corrected chi connectivity index (χ0v) is 16.4. The Kier molecular flexibility index (Phi) is 9.33. The van der Waals surface area contributed by atoms with Crippen LogP contribution in [-0.2, 0) is 11.2 Å². The van der Waals surface area contributed by atoms with Crippen molar-refractivity contribution in [1.82, 2.24) is 0 Å². The topological polar surface area (TPSA) is 93.5 Å². The summed E-state index contributed by atoms with van der Waals surface area (Å²) in [6.45, 7) is 2.52. The molecule has 0 radical (unpaired) electrons. The molecule has 27 heavy (non-hydrogen) atoms. The van der Waals surface area contributed by atoms with Crippen LogP contribution in [0.3, 0.4) is 0 Å². The van der Waals surface area contributed by atoms with Crippen LogP contribution in [0.15, 0.2) is 42.5 Å². The van der Waals surface area contributed by atoms with Crippen molar-refractivity contribution in [2.45, 2.75) is 26.2 Å². The number of benzene rings is 2. The number of hydrogen-bond acceptors (Lipinski definition) is 4. The average molecular weight is 392 g/mol. The highest BCUT2D eigenvalue weighted by Crippen LogP contribution is 2.28. The minimum Gasteiger partial charge on any atom is -0.494 e. The van der Waals surface area contributed by atoms with Crippen molar-refractivity contribution >= 4 is 35.6 Å². The highest BCUT2D eigenvalue weighted by molar-refractivity contribution is 6.04. The van der Waals surface area contributed by atoms with Gasteiger partial charge in [-0.25, -0.2) is 0 Å². The lowest BCUT2D eigenvalue weighted by molar-refractivity contribution is -0.116. The van der Waals surface area contributed by atoms with Crippen LogP contribution in [-0.4, -0.2) is 25.5 Å². The molecule has 0 saturated carbocycles. The van der Waals surface area contributed by atoms with Crippen molar-refractivity contribution in [2.24, 2.45) is 5.73 Å². The Morgan fingerprint density at radius 3 is 2.37 bits per heavy atom. The monoisotopic (exact) mass is 391 g/mol. The fourth-order valence-electron chi connectivity index (χ4n) is 2.50. The van der Waals surface area contributed by atoms with Crippen LogP contribution in [0.1, 0.15) is 35.7 Å². The number of carbonyl (C=O) groups excluding carboxylic acids is 2. The number of ether oxygens (including phenoxy) is 1.